The Labute approximate surface area is 205 Å². The molecule has 0 aliphatic heterocycles. The molecule has 0 fully saturated rings. The van der Waals surface area contributed by atoms with Gasteiger partial charge in [-0.3, -0.25) is 9.48 Å². The summed E-state index contributed by atoms with van der Waals surface area (Å²) in [4.78, 5) is 13.0. The van der Waals surface area contributed by atoms with Gasteiger partial charge in [0.25, 0.3) is 5.91 Å². The van der Waals surface area contributed by atoms with Gasteiger partial charge in [-0.25, -0.2) is 0 Å². The van der Waals surface area contributed by atoms with Gasteiger partial charge in [-0.1, -0.05) is 54.9 Å². The van der Waals surface area contributed by atoms with Crippen LogP contribution in [0.1, 0.15) is 45.4 Å². The molecule has 3 aromatic carbocycles. The van der Waals surface area contributed by atoms with Crippen LogP contribution >= 0.6 is 11.6 Å². The summed E-state index contributed by atoms with van der Waals surface area (Å²) in [6, 6.07) is 23.3. The number of rotatable bonds is 8. The van der Waals surface area contributed by atoms with E-state index in [1.807, 2.05) is 73.1 Å². The summed E-state index contributed by atoms with van der Waals surface area (Å²) in [6.45, 7) is 6.94. The van der Waals surface area contributed by atoms with Crippen molar-refractivity contribution in [2.45, 2.75) is 40.3 Å². The van der Waals surface area contributed by atoms with Crippen molar-refractivity contribution in [3.05, 3.63) is 111 Å². The smallest absolute Gasteiger partial charge is 0.255 e. The highest BCUT2D eigenvalue weighted by molar-refractivity contribution is 6.30. The Balaban J connectivity index is 1.44. The van der Waals surface area contributed by atoms with E-state index in [0.29, 0.717) is 23.7 Å². The second-order valence-electron chi connectivity index (χ2n) is 8.27. The van der Waals surface area contributed by atoms with Crippen molar-refractivity contribution in [2.24, 2.45) is 0 Å². The molecule has 0 radical (unpaired) electrons. The highest BCUT2D eigenvalue weighted by atomic mass is 35.5. The van der Waals surface area contributed by atoms with Crippen LogP contribution in [-0.2, 0) is 19.6 Å². The van der Waals surface area contributed by atoms with E-state index in [0.717, 1.165) is 40.4 Å². The average molecular weight is 474 g/mol. The lowest BCUT2D eigenvalue weighted by molar-refractivity contribution is 0.102. The number of ether oxygens (including phenoxy) is 1. The quantitative estimate of drug-likeness (QED) is 0.314. The molecule has 0 saturated heterocycles. The van der Waals surface area contributed by atoms with Gasteiger partial charge in [-0.2, -0.15) is 5.10 Å². The summed E-state index contributed by atoms with van der Waals surface area (Å²) in [5, 5.41) is 8.34. The molecule has 0 atom stereocenters. The van der Waals surface area contributed by atoms with Crippen LogP contribution in [0.5, 0.6) is 5.75 Å². The molecule has 0 spiro atoms. The maximum atomic E-state index is 13.0. The van der Waals surface area contributed by atoms with E-state index in [4.69, 9.17) is 16.3 Å². The molecule has 0 bridgehead atoms. The lowest BCUT2D eigenvalue weighted by atomic mass is 10.1. The Bertz CT molecular complexity index is 1300. The first-order chi connectivity index (χ1) is 16.4. The summed E-state index contributed by atoms with van der Waals surface area (Å²) < 4.78 is 7.78. The zero-order valence-electron chi connectivity index (χ0n) is 19.6. The number of amides is 1. The monoisotopic (exact) mass is 473 g/mol. The van der Waals surface area contributed by atoms with Gasteiger partial charge in [0, 0.05) is 10.6 Å². The number of nitrogens with one attached hydrogen (secondary N) is 1. The van der Waals surface area contributed by atoms with Crippen LogP contribution in [0.3, 0.4) is 0 Å². The number of carbonyl (C=O) groups excluding carboxylic acids is 1. The molecule has 1 amide bonds. The van der Waals surface area contributed by atoms with E-state index in [-0.39, 0.29) is 5.91 Å². The van der Waals surface area contributed by atoms with E-state index >= 15 is 0 Å². The van der Waals surface area contributed by atoms with E-state index in [1.54, 1.807) is 6.07 Å². The molecule has 174 valence electrons. The van der Waals surface area contributed by atoms with Crippen LogP contribution in [0.15, 0.2) is 72.8 Å². The van der Waals surface area contributed by atoms with Crippen molar-refractivity contribution in [1.29, 1.82) is 0 Å². The molecule has 0 saturated carbocycles. The molecule has 34 heavy (non-hydrogen) atoms. The Morgan fingerprint density at radius 3 is 2.44 bits per heavy atom. The van der Waals surface area contributed by atoms with Crippen LogP contribution in [-0.4, -0.2) is 15.7 Å². The molecule has 0 aliphatic carbocycles. The molecule has 0 aliphatic rings. The largest absolute Gasteiger partial charge is 0.489 e. The number of aryl methyl sites for hydroxylation is 2. The van der Waals surface area contributed by atoms with Crippen LogP contribution in [0.25, 0.3) is 0 Å². The van der Waals surface area contributed by atoms with Crippen molar-refractivity contribution in [3.8, 4) is 5.75 Å². The predicted octanol–water partition coefficient (Wildman–Crippen LogP) is 6.60. The number of nitrogens with zero attached hydrogens (tertiary/aromatic N) is 2. The molecular weight excluding hydrogens is 446 g/mol. The number of carbonyl (C=O) groups is 1. The molecule has 4 rings (SSSR count). The van der Waals surface area contributed by atoms with Crippen LogP contribution in [0.2, 0.25) is 5.02 Å². The molecule has 0 unspecified atom stereocenters. The van der Waals surface area contributed by atoms with Crippen molar-refractivity contribution >= 4 is 23.2 Å². The number of aromatic nitrogens is 2. The minimum Gasteiger partial charge on any atom is -0.489 e. The normalized spacial score (nSPS) is 10.8. The third-order valence-electron chi connectivity index (χ3n) is 5.77. The number of halogens is 1. The van der Waals surface area contributed by atoms with Gasteiger partial charge in [-0.15, -0.1) is 0 Å². The van der Waals surface area contributed by atoms with Gasteiger partial charge >= 0.3 is 0 Å². The van der Waals surface area contributed by atoms with E-state index < -0.39 is 0 Å². The van der Waals surface area contributed by atoms with Crippen LogP contribution in [0, 0.1) is 13.8 Å². The summed E-state index contributed by atoms with van der Waals surface area (Å²) >= 11 is 6.11. The molecule has 1 heterocycles. The van der Waals surface area contributed by atoms with E-state index in [9.17, 15) is 4.79 Å². The Morgan fingerprint density at radius 1 is 0.971 bits per heavy atom. The molecule has 1 N–H and O–H groups in total. The first-order valence-corrected chi connectivity index (χ1v) is 11.7. The summed E-state index contributed by atoms with van der Waals surface area (Å²) in [5.41, 5.74) is 6.20. The van der Waals surface area contributed by atoms with Gasteiger partial charge < -0.3 is 10.1 Å². The van der Waals surface area contributed by atoms with Crippen LogP contribution in [0.4, 0.5) is 5.69 Å². The predicted molar refractivity (Wildman–Crippen MR) is 137 cm³/mol. The average Bonchev–Trinajstić information content (AvgIpc) is 3.10. The van der Waals surface area contributed by atoms with Crippen molar-refractivity contribution in [3.63, 3.8) is 0 Å². The number of anilines is 1. The maximum absolute atomic E-state index is 13.0. The highest BCUT2D eigenvalue weighted by Crippen LogP contribution is 2.22. The molecule has 4 aromatic rings. The van der Waals surface area contributed by atoms with E-state index in [2.05, 4.69) is 29.5 Å². The lowest BCUT2D eigenvalue weighted by Crippen LogP contribution is -2.14. The molecule has 5 nitrogen and oxygen atoms in total. The maximum Gasteiger partial charge on any atom is 0.255 e. The van der Waals surface area contributed by atoms with Gasteiger partial charge in [-0.05, 0) is 73.4 Å². The third kappa shape index (κ3) is 5.67. The summed E-state index contributed by atoms with van der Waals surface area (Å²) in [5.74, 6) is 0.632. The lowest BCUT2D eigenvalue weighted by Gasteiger charge is -2.10. The van der Waals surface area contributed by atoms with Crippen LogP contribution < -0.4 is 10.1 Å². The zero-order valence-corrected chi connectivity index (χ0v) is 20.4. The first-order valence-electron chi connectivity index (χ1n) is 11.3. The first kappa shape index (κ1) is 23.6. The third-order valence-corrected chi connectivity index (χ3v) is 6.00. The van der Waals surface area contributed by atoms with Gasteiger partial charge in [0.15, 0.2) is 0 Å². The Hall–Kier alpha value is -3.57. The minimum atomic E-state index is -0.178. The fourth-order valence-electron chi connectivity index (χ4n) is 3.82. The Morgan fingerprint density at radius 2 is 1.71 bits per heavy atom. The zero-order chi connectivity index (χ0) is 24.1. The fraction of sp³-hybridized carbons (Fsp3) is 0.214. The van der Waals surface area contributed by atoms with Gasteiger partial charge in [0.2, 0.25) is 0 Å². The standard InChI is InChI=1S/C28H28ClN3O2/c1-4-21-11-13-26(14-12-21)34-18-23-8-5-9-24(15-23)28(33)30-27-19(2)31-32(20(27)3)17-22-7-6-10-25(29)16-22/h5-16H,4,17-18H2,1-3H3,(H,30,33). The van der Waals surface area contributed by atoms with Crippen molar-refractivity contribution in [1.82, 2.24) is 9.78 Å². The highest BCUT2D eigenvalue weighted by Gasteiger charge is 2.16. The summed E-state index contributed by atoms with van der Waals surface area (Å²) in [6.07, 6.45) is 0.996. The summed E-state index contributed by atoms with van der Waals surface area (Å²) in [7, 11) is 0. The SMILES string of the molecule is CCc1ccc(OCc2cccc(C(=O)Nc3c(C)nn(Cc4cccc(Cl)c4)c3C)c2)cc1. The van der Waals surface area contributed by atoms with Gasteiger partial charge in [0.05, 0.1) is 23.6 Å². The fourth-order valence-corrected chi connectivity index (χ4v) is 4.03. The second kappa shape index (κ2) is 10.6. The second-order valence-corrected chi connectivity index (χ2v) is 8.71. The number of hydrogen-bond acceptors (Lipinski definition) is 3. The molecule has 1 aromatic heterocycles. The topological polar surface area (TPSA) is 56.1 Å². The van der Waals surface area contributed by atoms with Crippen molar-refractivity contribution in [2.75, 3.05) is 5.32 Å². The minimum absolute atomic E-state index is 0.178. The van der Waals surface area contributed by atoms with E-state index in [1.165, 1.54) is 5.56 Å². The molecular formula is C28H28ClN3O2. The number of hydrogen-bond donors (Lipinski definition) is 1. The van der Waals surface area contributed by atoms with Crippen molar-refractivity contribution < 1.29 is 9.53 Å². The Kier molecular flexibility index (Phi) is 7.33. The molecule has 6 heteroatoms. The number of benzene rings is 3. The van der Waals surface area contributed by atoms with Gasteiger partial charge in [0.1, 0.15) is 12.4 Å².